The van der Waals surface area contributed by atoms with E-state index in [4.69, 9.17) is 9.47 Å². The molecule has 0 bridgehead atoms. The van der Waals surface area contributed by atoms with Crippen molar-refractivity contribution in [2.24, 2.45) is 0 Å². The Hall–Kier alpha value is -2.76. The summed E-state index contributed by atoms with van der Waals surface area (Å²) in [4.78, 5) is 43.7. The number of nitrogens with zero attached hydrogens (tertiary/aromatic N) is 3. The highest BCUT2D eigenvalue weighted by Crippen LogP contribution is 2.38. The normalized spacial score (nSPS) is 28.1. The first-order valence-corrected chi connectivity index (χ1v) is 11.5. The van der Waals surface area contributed by atoms with Gasteiger partial charge in [0.1, 0.15) is 12.3 Å². The van der Waals surface area contributed by atoms with Crippen LogP contribution in [0.25, 0.3) is 0 Å². The molecule has 3 unspecified atom stereocenters. The van der Waals surface area contributed by atoms with Crippen LogP contribution in [-0.4, -0.2) is 62.3 Å². The standard InChI is InChI=1S/C21H24N4O6S/c26-18-8-14(24-5-4-22-12-24)19(27)25(18)11-21(20(28)29)9-13-7-17(32-15(13)10-31-21)23-16-3-1-2-6-30-16/h4-5,7,12,14,16,23H,1-3,6,8-11H2,(H,28,29). The smallest absolute Gasteiger partial charge is 0.338 e. The minimum Gasteiger partial charge on any atom is -0.479 e. The predicted octanol–water partition coefficient (Wildman–Crippen LogP) is 1.78. The largest absolute Gasteiger partial charge is 0.479 e. The Morgan fingerprint density at radius 3 is 2.97 bits per heavy atom. The summed E-state index contributed by atoms with van der Waals surface area (Å²) < 4.78 is 13.1. The van der Waals surface area contributed by atoms with Gasteiger partial charge in [-0.15, -0.1) is 11.3 Å². The molecule has 3 aliphatic heterocycles. The van der Waals surface area contributed by atoms with Gasteiger partial charge in [0.2, 0.25) is 5.91 Å². The number of ether oxygens (including phenoxy) is 2. The Kier molecular flexibility index (Phi) is 5.48. The molecule has 0 aromatic carbocycles. The zero-order valence-electron chi connectivity index (χ0n) is 17.4. The van der Waals surface area contributed by atoms with Crippen LogP contribution in [-0.2, 0) is 36.9 Å². The number of anilines is 1. The SMILES string of the molecule is O=C1CC(n2ccnc2)C(=O)N1CC1(C(=O)O)Cc2cc(NC3CCCCO3)sc2CO1. The van der Waals surface area contributed by atoms with Crippen LogP contribution in [0.3, 0.4) is 0 Å². The number of hydrogen-bond acceptors (Lipinski definition) is 8. The molecule has 5 rings (SSSR count). The molecule has 10 nitrogen and oxygen atoms in total. The molecule has 2 amide bonds. The van der Waals surface area contributed by atoms with E-state index in [0.717, 1.165) is 46.2 Å². The minimum absolute atomic E-state index is 0.0238. The van der Waals surface area contributed by atoms with Crippen molar-refractivity contribution < 1.29 is 29.0 Å². The summed E-state index contributed by atoms with van der Waals surface area (Å²) in [6.07, 6.45) is 7.72. The Bertz CT molecular complexity index is 1030. The second-order valence-corrected chi connectivity index (χ2v) is 9.51. The molecule has 3 atom stereocenters. The number of aliphatic carboxylic acids is 1. The zero-order valence-corrected chi connectivity index (χ0v) is 18.2. The number of amides is 2. The first kappa shape index (κ1) is 21.1. The molecular formula is C21H24N4O6S. The number of carboxylic acids is 1. The maximum atomic E-state index is 12.9. The van der Waals surface area contributed by atoms with Crippen LogP contribution >= 0.6 is 11.3 Å². The van der Waals surface area contributed by atoms with Crippen molar-refractivity contribution in [3.63, 3.8) is 0 Å². The van der Waals surface area contributed by atoms with Gasteiger partial charge in [0.15, 0.2) is 5.60 Å². The number of aromatic nitrogens is 2. The predicted molar refractivity (Wildman–Crippen MR) is 113 cm³/mol. The number of rotatable bonds is 6. The number of thiophene rings is 1. The van der Waals surface area contributed by atoms with Gasteiger partial charge in [-0.2, -0.15) is 0 Å². The van der Waals surface area contributed by atoms with Crippen LogP contribution in [0.15, 0.2) is 24.8 Å². The number of fused-ring (bicyclic) bond motifs is 1. The molecule has 3 aliphatic rings. The number of imide groups is 1. The molecule has 2 N–H and O–H groups in total. The Morgan fingerprint density at radius 1 is 1.38 bits per heavy atom. The third kappa shape index (κ3) is 3.80. The second-order valence-electron chi connectivity index (χ2n) is 8.37. The number of likely N-dealkylation sites (tertiary alicyclic amines) is 1. The van der Waals surface area contributed by atoms with E-state index in [1.165, 1.54) is 23.9 Å². The Balaban J connectivity index is 1.33. The molecular weight excluding hydrogens is 436 g/mol. The summed E-state index contributed by atoms with van der Waals surface area (Å²) in [7, 11) is 0. The lowest BCUT2D eigenvalue weighted by Crippen LogP contribution is -2.55. The summed E-state index contributed by atoms with van der Waals surface area (Å²) in [5, 5.41) is 14.3. The molecule has 2 saturated heterocycles. The Labute approximate surface area is 188 Å². The van der Waals surface area contributed by atoms with Gasteiger partial charge < -0.3 is 24.5 Å². The van der Waals surface area contributed by atoms with Crippen molar-refractivity contribution in [3.05, 3.63) is 35.2 Å². The van der Waals surface area contributed by atoms with Gasteiger partial charge in [0, 0.05) is 30.3 Å². The summed E-state index contributed by atoms with van der Waals surface area (Å²) >= 11 is 1.52. The van der Waals surface area contributed by atoms with E-state index in [2.05, 4.69) is 10.3 Å². The summed E-state index contributed by atoms with van der Waals surface area (Å²) in [6, 6.07) is 1.22. The van der Waals surface area contributed by atoms with E-state index in [-0.39, 0.29) is 32.2 Å². The summed E-state index contributed by atoms with van der Waals surface area (Å²) in [6.45, 7) is 0.515. The van der Waals surface area contributed by atoms with Gasteiger partial charge in [0.05, 0.1) is 30.9 Å². The van der Waals surface area contributed by atoms with Crippen molar-refractivity contribution in [1.29, 1.82) is 0 Å². The maximum Gasteiger partial charge on any atom is 0.338 e. The second kappa shape index (κ2) is 8.30. The number of carbonyl (C=O) groups is 3. The Morgan fingerprint density at radius 2 is 2.25 bits per heavy atom. The van der Waals surface area contributed by atoms with Gasteiger partial charge in [-0.05, 0) is 30.9 Å². The fourth-order valence-corrected chi connectivity index (χ4v) is 5.50. The van der Waals surface area contributed by atoms with E-state index < -0.39 is 29.4 Å². The highest BCUT2D eigenvalue weighted by atomic mass is 32.1. The number of carbonyl (C=O) groups excluding carboxylic acids is 2. The van der Waals surface area contributed by atoms with Crippen LogP contribution in [0.2, 0.25) is 0 Å². The fourth-order valence-electron chi connectivity index (χ4n) is 4.47. The van der Waals surface area contributed by atoms with Crippen molar-refractivity contribution in [3.8, 4) is 0 Å². The molecule has 5 heterocycles. The van der Waals surface area contributed by atoms with Crippen molar-refractivity contribution in [2.75, 3.05) is 18.5 Å². The topological polar surface area (TPSA) is 123 Å². The van der Waals surface area contributed by atoms with E-state index in [1.807, 2.05) is 6.07 Å². The van der Waals surface area contributed by atoms with Gasteiger partial charge in [0.25, 0.3) is 5.91 Å². The number of hydrogen-bond donors (Lipinski definition) is 2. The fraction of sp³-hybridized carbons (Fsp3) is 0.524. The zero-order chi connectivity index (χ0) is 22.3. The van der Waals surface area contributed by atoms with Gasteiger partial charge in [-0.25, -0.2) is 9.78 Å². The molecule has 11 heteroatoms. The van der Waals surface area contributed by atoms with Crippen molar-refractivity contribution >= 4 is 34.1 Å². The third-order valence-corrected chi connectivity index (χ3v) is 7.33. The van der Waals surface area contributed by atoms with Crippen LogP contribution in [0.1, 0.15) is 42.2 Å². The van der Waals surface area contributed by atoms with E-state index >= 15 is 0 Å². The number of carboxylic acid groups (broad SMARTS) is 1. The number of nitrogens with one attached hydrogen (secondary N) is 1. The molecule has 32 heavy (non-hydrogen) atoms. The first-order chi connectivity index (χ1) is 15.4. The first-order valence-electron chi connectivity index (χ1n) is 10.6. The van der Waals surface area contributed by atoms with E-state index in [1.54, 1.807) is 10.8 Å². The lowest BCUT2D eigenvalue weighted by atomic mass is 9.91. The highest BCUT2D eigenvalue weighted by molar-refractivity contribution is 7.16. The average molecular weight is 461 g/mol. The molecule has 2 fully saturated rings. The molecule has 0 aliphatic carbocycles. The van der Waals surface area contributed by atoms with Gasteiger partial charge in [-0.3, -0.25) is 14.5 Å². The van der Waals surface area contributed by atoms with Crippen molar-refractivity contribution in [1.82, 2.24) is 14.5 Å². The molecule has 170 valence electrons. The highest BCUT2D eigenvalue weighted by Gasteiger charge is 2.50. The van der Waals surface area contributed by atoms with Gasteiger partial charge >= 0.3 is 5.97 Å². The van der Waals surface area contributed by atoms with Crippen LogP contribution < -0.4 is 5.32 Å². The minimum atomic E-state index is -1.68. The molecule has 0 saturated carbocycles. The lowest BCUT2D eigenvalue weighted by molar-refractivity contribution is -0.174. The van der Waals surface area contributed by atoms with Gasteiger partial charge in [-0.1, -0.05) is 0 Å². The third-order valence-electron chi connectivity index (χ3n) is 6.24. The van der Waals surface area contributed by atoms with E-state index in [0.29, 0.717) is 0 Å². The molecule has 0 radical (unpaired) electrons. The van der Waals surface area contributed by atoms with Crippen LogP contribution in [0, 0.1) is 0 Å². The van der Waals surface area contributed by atoms with E-state index in [9.17, 15) is 19.5 Å². The molecule has 0 spiro atoms. The molecule has 2 aromatic heterocycles. The summed E-state index contributed by atoms with van der Waals surface area (Å²) in [5.74, 6) is -2.04. The quantitative estimate of drug-likeness (QED) is 0.626. The van der Waals surface area contributed by atoms with Crippen LogP contribution in [0.5, 0.6) is 0 Å². The summed E-state index contributed by atoms with van der Waals surface area (Å²) in [5.41, 5.74) is -0.825. The lowest BCUT2D eigenvalue weighted by Gasteiger charge is -2.35. The van der Waals surface area contributed by atoms with Crippen molar-refractivity contribution in [2.45, 2.75) is 56.6 Å². The molecule has 2 aromatic rings. The maximum absolute atomic E-state index is 12.9. The average Bonchev–Trinajstić information content (AvgIpc) is 3.50. The monoisotopic (exact) mass is 460 g/mol. The van der Waals surface area contributed by atoms with Crippen LogP contribution in [0.4, 0.5) is 5.00 Å². The number of imidazole rings is 1.